The fourth-order valence-corrected chi connectivity index (χ4v) is 5.24. The number of aromatic nitrogens is 3. The van der Waals surface area contributed by atoms with Gasteiger partial charge in [0.1, 0.15) is 5.75 Å². The molecule has 0 aliphatic rings. The third-order valence-electron chi connectivity index (χ3n) is 7.12. The highest BCUT2D eigenvalue weighted by Gasteiger charge is 2.14. The van der Waals surface area contributed by atoms with Crippen LogP contribution in [0.1, 0.15) is 0 Å². The maximum Gasteiger partial charge on any atom is 0.504 e. The number of para-hydroxylation sites is 1. The van der Waals surface area contributed by atoms with Crippen molar-refractivity contribution in [3.8, 4) is 45.3 Å². The molecule has 2 heterocycles. The lowest BCUT2D eigenvalue weighted by molar-refractivity contribution is 0.454. The van der Waals surface area contributed by atoms with Crippen LogP contribution in [0.4, 0.5) is 0 Å². The first-order valence-corrected chi connectivity index (χ1v) is 13.2. The topological polar surface area (TPSA) is 60.2 Å². The standard InChI is InChI=1S/C34H24BN3O2/c39-35-40-27-19-20-33-29(21-27)28-13-7-8-14-32(28)38(33)26-17-15-24(16-18-26)31-22-30(23-9-3-1-4-10-23)36-34(37-31)25-11-5-2-6-12-25/h1-22,35,39H. The second-order valence-corrected chi connectivity index (χ2v) is 9.55. The number of fused-ring (bicyclic) bond motifs is 3. The maximum atomic E-state index is 9.24. The summed E-state index contributed by atoms with van der Waals surface area (Å²) in [5.41, 5.74) is 8.02. The van der Waals surface area contributed by atoms with Gasteiger partial charge in [-0.3, -0.25) is 0 Å². The summed E-state index contributed by atoms with van der Waals surface area (Å²) in [6.07, 6.45) is 0. The monoisotopic (exact) mass is 517 g/mol. The van der Waals surface area contributed by atoms with E-state index in [0.717, 1.165) is 55.6 Å². The normalized spacial score (nSPS) is 11.1. The van der Waals surface area contributed by atoms with E-state index < -0.39 is 0 Å². The molecular formula is C34H24BN3O2. The van der Waals surface area contributed by atoms with Gasteiger partial charge in [-0.25, -0.2) is 9.97 Å². The molecule has 5 aromatic carbocycles. The molecule has 5 nitrogen and oxygen atoms in total. The summed E-state index contributed by atoms with van der Waals surface area (Å²) in [6, 6.07) is 45.1. The van der Waals surface area contributed by atoms with E-state index >= 15 is 0 Å². The summed E-state index contributed by atoms with van der Waals surface area (Å²) in [5.74, 6) is 1.34. The minimum Gasteiger partial charge on any atom is -0.539 e. The van der Waals surface area contributed by atoms with Gasteiger partial charge in [-0.2, -0.15) is 0 Å². The molecular weight excluding hydrogens is 493 g/mol. The van der Waals surface area contributed by atoms with Gasteiger partial charge in [0.15, 0.2) is 5.82 Å². The van der Waals surface area contributed by atoms with E-state index in [1.807, 2.05) is 78.9 Å². The van der Waals surface area contributed by atoms with Crippen molar-refractivity contribution in [1.82, 2.24) is 14.5 Å². The van der Waals surface area contributed by atoms with Gasteiger partial charge in [0, 0.05) is 33.2 Å². The van der Waals surface area contributed by atoms with Crippen LogP contribution in [0.3, 0.4) is 0 Å². The van der Waals surface area contributed by atoms with E-state index in [2.05, 4.69) is 59.2 Å². The van der Waals surface area contributed by atoms with Gasteiger partial charge in [0.2, 0.25) is 0 Å². The minimum absolute atomic E-state index is 0.355. The van der Waals surface area contributed by atoms with Crippen molar-refractivity contribution < 1.29 is 9.68 Å². The Bertz CT molecular complexity index is 1900. The van der Waals surface area contributed by atoms with Gasteiger partial charge in [0.25, 0.3) is 0 Å². The summed E-state index contributed by atoms with van der Waals surface area (Å²) in [4.78, 5) is 9.87. The number of benzene rings is 5. The summed E-state index contributed by atoms with van der Waals surface area (Å²) in [6.45, 7) is 0. The van der Waals surface area contributed by atoms with Gasteiger partial charge in [0.05, 0.1) is 22.4 Å². The van der Waals surface area contributed by atoms with Crippen molar-refractivity contribution in [3.05, 3.63) is 133 Å². The molecule has 0 saturated heterocycles. The van der Waals surface area contributed by atoms with Crippen LogP contribution in [0.2, 0.25) is 0 Å². The van der Waals surface area contributed by atoms with E-state index in [-0.39, 0.29) is 7.69 Å². The van der Waals surface area contributed by atoms with Gasteiger partial charge in [-0.05, 0) is 42.5 Å². The Kier molecular flexibility index (Phi) is 6.07. The molecule has 0 saturated carbocycles. The van der Waals surface area contributed by atoms with Gasteiger partial charge >= 0.3 is 7.69 Å². The lowest BCUT2D eigenvalue weighted by Crippen LogP contribution is -1.99. The first-order valence-electron chi connectivity index (χ1n) is 13.2. The summed E-state index contributed by atoms with van der Waals surface area (Å²) < 4.78 is 7.61. The van der Waals surface area contributed by atoms with Crippen molar-refractivity contribution in [2.45, 2.75) is 0 Å². The zero-order valence-electron chi connectivity index (χ0n) is 21.6. The fraction of sp³-hybridized carbons (Fsp3) is 0. The summed E-state index contributed by atoms with van der Waals surface area (Å²) in [5, 5.41) is 11.4. The summed E-state index contributed by atoms with van der Waals surface area (Å²) in [7, 11) is -0.355. The Morgan fingerprint density at radius 3 is 1.85 bits per heavy atom. The first-order chi connectivity index (χ1) is 19.8. The van der Waals surface area contributed by atoms with Crippen LogP contribution in [0.15, 0.2) is 133 Å². The number of rotatable bonds is 6. The lowest BCUT2D eigenvalue weighted by Gasteiger charge is -2.11. The van der Waals surface area contributed by atoms with Gasteiger partial charge in [-0.1, -0.05) is 91.0 Å². The average molecular weight is 517 g/mol. The molecule has 0 fully saturated rings. The molecule has 190 valence electrons. The molecule has 1 N–H and O–H groups in total. The van der Waals surface area contributed by atoms with E-state index in [1.165, 1.54) is 0 Å². The largest absolute Gasteiger partial charge is 0.539 e. The van der Waals surface area contributed by atoms with Crippen molar-refractivity contribution in [3.63, 3.8) is 0 Å². The van der Waals surface area contributed by atoms with Crippen LogP contribution in [0.25, 0.3) is 61.4 Å². The van der Waals surface area contributed by atoms with Crippen molar-refractivity contribution in [1.29, 1.82) is 0 Å². The maximum absolute atomic E-state index is 9.24. The molecule has 0 amide bonds. The number of hydrogen-bond donors (Lipinski definition) is 1. The highest BCUT2D eigenvalue weighted by Crippen LogP contribution is 2.35. The van der Waals surface area contributed by atoms with Crippen LogP contribution in [-0.2, 0) is 0 Å². The molecule has 6 heteroatoms. The van der Waals surface area contributed by atoms with Crippen LogP contribution < -0.4 is 4.65 Å². The summed E-state index contributed by atoms with van der Waals surface area (Å²) >= 11 is 0. The second-order valence-electron chi connectivity index (χ2n) is 9.55. The van der Waals surface area contributed by atoms with E-state index in [4.69, 9.17) is 14.6 Å². The van der Waals surface area contributed by atoms with Gasteiger partial charge in [-0.15, -0.1) is 0 Å². The molecule has 0 bridgehead atoms. The van der Waals surface area contributed by atoms with Crippen molar-refractivity contribution in [2.75, 3.05) is 0 Å². The van der Waals surface area contributed by atoms with Crippen LogP contribution in [-0.4, -0.2) is 27.2 Å². The Balaban J connectivity index is 1.35. The zero-order chi connectivity index (χ0) is 26.9. The van der Waals surface area contributed by atoms with Crippen molar-refractivity contribution >= 4 is 29.5 Å². The van der Waals surface area contributed by atoms with E-state index in [0.29, 0.717) is 11.6 Å². The average Bonchev–Trinajstić information content (AvgIpc) is 3.36. The SMILES string of the molecule is OBOc1ccc2c(c1)c1ccccc1n2-c1ccc(-c2cc(-c3ccccc3)nc(-c3ccccc3)n2)cc1. The van der Waals surface area contributed by atoms with Crippen molar-refractivity contribution in [2.24, 2.45) is 0 Å². The Hall–Kier alpha value is -5.20. The molecule has 0 radical (unpaired) electrons. The molecule has 2 aromatic heterocycles. The molecule has 0 unspecified atom stereocenters. The van der Waals surface area contributed by atoms with Crippen LogP contribution in [0.5, 0.6) is 5.75 Å². The third kappa shape index (κ3) is 4.30. The number of nitrogens with zero attached hydrogens (tertiary/aromatic N) is 3. The molecule has 40 heavy (non-hydrogen) atoms. The third-order valence-corrected chi connectivity index (χ3v) is 7.12. The molecule has 0 aliphatic carbocycles. The Labute approximate surface area is 232 Å². The smallest absolute Gasteiger partial charge is 0.504 e. The van der Waals surface area contributed by atoms with Gasteiger partial charge < -0.3 is 14.2 Å². The highest BCUT2D eigenvalue weighted by molar-refractivity contribution is 6.17. The predicted octanol–water partition coefficient (Wildman–Crippen LogP) is 7.21. The molecule has 7 aromatic rings. The molecule has 0 atom stereocenters. The lowest BCUT2D eigenvalue weighted by atomic mass is 10.1. The van der Waals surface area contributed by atoms with E-state index in [1.54, 1.807) is 0 Å². The zero-order valence-corrected chi connectivity index (χ0v) is 21.6. The van der Waals surface area contributed by atoms with E-state index in [9.17, 15) is 5.02 Å². The van der Waals surface area contributed by atoms with Crippen LogP contribution in [0, 0.1) is 0 Å². The predicted molar refractivity (Wildman–Crippen MR) is 163 cm³/mol. The van der Waals surface area contributed by atoms with Crippen LogP contribution >= 0.6 is 0 Å². The first kappa shape index (κ1) is 23.9. The fourth-order valence-electron chi connectivity index (χ4n) is 5.24. The second kappa shape index (κ2) is 10.2. The minimum atomic E-state index is -0.355. The molecule has 7 rings (SSSR count). The number of hydrogen-bond acceptors (Lipinski definition) is 4. The quantitative estimate of drug-likeness (QED) is 0.237. The molecule has 0 spiro atoms. The molecule has 0 aliphatic heterocycles. The Morgan fingerprint density at radius 2 is 1.15 bits per heavy atom. The highest BCUT2D eigenvalue weighted by atomic mass is 16.5. The Morgan fingerprint density at radius 1 is 0.550 bits per heavy atom.